The van der Waals surface area contributed by atoms with E-state index in [4.69, 9.17) is 11.6 Å². The zero-order chi connectivity index (χ0) is 19.7. The first kappa shape index (κ1) is 18.8. The van der Waals surface area contributed by atoms with Gasteiger partial charge in [-0.25, -0.2) is 4.79 Å². The second-order valence-corrected chi connectivity index (χ2v) is 7.13. The Labute approximate surface area is 160 Å². The van der Waals surface area contributed by atoms with Gasteiger partial charge in [0.05, 0.1) is 0 Å². The maximum Gasteiger partial charge on any atom is 0.339 e. The Morgan fingerprint density at radius 1 is 1.26 bits per heavy atom. The molecule has 0 amide bonds. The highest BCUT2D eigenvalue weighted by atomic mass is 35.5. The van der Waals surface area contributed by atoms with Gasteiger partial charge in [-0.1, -0.05) is 35.9 Å². The summed E-state index contributed by atoms with van der Waals surface area (Å²) in [4.78, 5) is 11.4. The number of azo groups is 1. The van der Waals surface area contributed by atoms with Crippen LogP contribution in [0.2, 0.25) is 0 Å². The monoisotopic (exact) mass is 404 g/mol. The Morgan fingerprint density at radius 3 is 2.63 bits per heavy atom. The molecule has 0 aromatic heterocycles. The topological polar surface area (TPSA) is 116 Å². The van der Waals surface area contributed by atoms with Crippen molar-refractivity contribution in [2.75, 3.05) is 0 Å². The molecule has 1 atom stereocenters. The molecule has 0 saturated carbocycles. The summed E-state index contributed by atoms with van der Waals surface area (Å²) in [5, 5.41) is 29.0. The number of rotatable bonds is 3. The van der Waals surface area contributed by atoms with Crippen LogP contribution in [0.15, 0.2) is 63.3 Å². The molecule has 3 rings (SSSR count). The van der Waals surface area contributed by atoms with Crippen molar-refractivity contribution in [1.29, 1.82) is 0 Å². The van der Waals surface area contributed by atoms with E-state index in [0.29, 0.717) is 21.4 Å². The normalized spacial score (nSPS) is 17.1. The van der Waals surface area contributed by atoms with E-state index in [2.05, 4.69) is 10.2 Å². The minimum absolute atomic E-state index is 0.0289. The predicted molar refractivity (Wildman–Crippen MR) is 102 cm³/mol. The third-order valence-electron chi connectivity index (χ3n) is 4.03. The molecule has 7 nitrogen and oxygen atoms in total. The Hall–Kier alpha value is -2.97. The summed E-state index contributed by atoms with van der Waals surface area (Å²) in [6, 6.07) is 7.10. The SMILES string of the molecule is CC1=CC(=S(=O)=O)C(N=Nc2c(O)c(C(=O)O)cc3ccccc23)C=C1Cl. The number of aromatic hydroxyl groups is 1. The first-order chi connectivity index (χ1) is 12.8. The van der Waals surface area contributed by atoms with Crippen LogP contribution in [0, 0.1) is 0 Å². The van der Waals surface area contributed by atoms with Crippen LogP contribution >= 0.6 is 11.6 Å². The van der Waals surface area contributed by atoms with Crippen molar-refractivity contribution < 1.29 is 23.4 Å². The minimum Gasteiger partial charge on any atom is -0.505 e. The lowest BCUT2D eigenvalue weighted by molar-refractivity contribution is 0.0694. The number of aromatic carboxylic acids is 1. The van der Waals surface area contributed by atoms with Crippen molar-refractivity contribution in [2.24, 2.45) is 10.2 Å². The third-order valence-corrected chi connectivity index (χ3v) is 5.20. The van der Waals surface area contributed by atoms with Crippen molar-refractivity contribution in [3.63, 3.8) is 0 Å². The van der Waals surface area contributed by atoms with Gasteiger partial charge < -0.3 is 10.2 Å². The molecule has 0 bridgehead atoms. The Bertz CT molecular complexity index is 1190. The Balaban J connectivity index is 2.18. The number of benzene rings is 2. The molecule has 0 fully saturated rings. The second-order valence-electron chi connectivity index (χ2n) is 5.79. The Kier molecular flexibility index (Phi) is 5.11. The zero-order valence-corrected chi connectivity index (χ0v) is 15.5. The van der Waals surface area contributed by atoms with E-state index in [0.717, 1.165) is 0 Å². The van der Waals surface area contributed by atoms with E-state index in [9.17, 15) is 23.4 Å². The van der Waals surface area contributed by atoms with Crippen LogP contribution in [0.5, 0.6) is 5.75 Å². The lowest BCUT2D eigenvalue weighted by Gasteiger charge is -2.13. The van der Waals surface area contributed by atoms with Crippen LogP contribution in [-0.2, 0) is 10.3 Å². The molecule has 0 radical (unpaired) electrons. The fourth-order valence-corrected chi connectivity index (χ4v) is 3.42. The number of fused-ring (bicyclic) bond motifs is 1. The van der Waals surface area contributed by atoms with E-state index < -0.39 is 28.1 Å². The molecular formula is C18H13ClN2O5S. The molecule has 138 valence electrons. The highest BCUT2D eigenvalue weighted by molar-refractivity contribution is 7.73. The number of carboxylic acids is 1. The van der Waals surface area contributed by atoms with Gasteiger partial charge in [-0.3, -0.25) is 0 Å². The van der Waals surface area contributed by atoms with E-state index in [1.807, 2.05) is 0 Å². The molecule has 0 saturated heterocycles. The molecule has 2 aromatic rings. The van der Waals surface area contributed by atoms with Crippen molar-refractivity contribution in [3.05, 3.63) is 58.7 Å². The summed E-state index contributed by atoms with van der Waals surface area (Å²) < 4.78 is 22.9. The van der Waals surface area contributed by atoms with Crippen molar-refractivity contribution in [2.45, 2.75) is 13.0 Å². The summed E-state index contributed by atoms with van der Waals surface area (Å²) in [6.45, 7) is 1.66. The maximum atomic E-state index is 11.5. The summed E-state index contributed by atoms with van der Waals surface area (Å²) in [6.07, 6.45) is 2.81. The standard InChI is InChI=1S/C18H13ClN2O5S/c1-9-6-15(27(25)26)14(8-13(9)19)20-21-16-11-5-3-2-4-10(11)7-12(17(16)22)18(23)24/h2-8,14,22H,1H3,(H,23,24). The molecular weight excluding hydrogens is 392 g/mol. The molecule has 0 heterocycles. The largest absolute Gasteiger partial charge is 0.505 e. The molecule has 0 aliphatic heterocycles. The number of nitrogens with zero attached hydrogens (tertiary/aromatic N) is 2. The van der Waals surface area contributed by atoms with Gasteiger partial charge in [0.15, 0.2) is 5.75 Å². The number of hydrogen-bond donors (Lipinski definition) is 2. The number of carboxylic acid groups (broad SMARTS) is 1. The van der Waals surface area contributed by atoms with E-state index in [1.54, 1.807) is 31.2 Å². The summed E-state index contributed by atoms with van der Waals surface area (Å²) in [5.41, 5.74) is 0.188. The average Bonchev–Trinajstić information content (AvgIpc) is 2.62. The molecule has 1 aliphatic rings. The number of phenols is 1. The van der Waals surface area contributed by atoms with Crippen LogP contribution in [0.1, 0.15) is 17.3 Å². The Morgan fingerprint density at radius 2 is 1.96 bits per heavy atom. The van der Waals surface area contributed by atoms with Crippen LogP contribution in [-0.4, -0.2) is 35.5 Å². The molecule has 9 heteroatoms. The zero-order valence-electron chi connectivity index (χ0n) is 13.9. The molecule has 1 aliphatic carbocycles. The lowest BCUT2D eigenvalue weighted by atomic mass is 10.0. The molecule has 2 aromatic carbocycles. The van der Waals surface area contributed by atoms with E-state index in [-0.39, 0.29) is 16.1 Å². The molecule has 1 unspecified atom stereocenters. The van der Waals surface area contributed by atoms with Gasteiger partial charge in [0.25, 0.3) is 0 Å². The number of hydrogen-bond acceptors (Lipinski definition) is 6. The molecule has 2 N–H and O–H groups in total. The van der Waals surface area contributed by atoms with Gasteiger partial charge in [-0.15, -0.1) is 0 Å². The van der Waals surface area contributed by atoms with E-state index >= 15 is 0 Å². The van der Waals surface area contributed by atoms with Crippen molar-refractivity contribution in [1.82, 2.24) is 0 Å². The van der Waals surface area contributed by atoms with Crippen molar-refractivity contribution >= 4 is 49.2 Å². The molecule has 27 heavy (non-hydrogen) atoms. The highest BCUT2D eigenvalue weighted by Crippen LogP contribution is 2.39. The van der Waals surface area contributed by atoms with E-state index in [1.165, 1.54) is 18.2 Å². The van der Waals surface area contributed by atoms with Gasteiger partial charge >= 0.3 is 5.97 Å². The van der Waals surface area contributed by atoms with Crippen LogP contribution in [0.4, 0.5) is 5.69 Å². The minimum atomic E-state index is -2.54. The van der Waals surface area contributed by atoms with Gasteiger partial charge in [-0.2, -0.15) is 18.6 Å². The van der Waals surface area contributed by atoms with Gasteiger partial charge in [-0.05, 0) is 36.1 Å². The van der Waals surface area contributed by atoms with Gasteiger partial charge in [0.1, 0.15) is 22.2 Å². The first-order valence-electron chi connectivity index (χ1n) is 7.70. The van der Waals surface area contributed by atoms with Crippen LogP contribution < -0.4 is 0 Å². The summed E-state index contributed by atoms with van der Waals surface area (Å²) >= 11 is 6.06. The fourth-order valence-electron chi connectivity index (χ4n) is 2.66. The predicted octanol–water partition coefficient (Wildman–Crippen LogP) is 3.83. The molecule has 0 spiro atoms. The maximum absolute atomic E-state index is 11.5. The number of allylic oxidation sites excluding steroid dienone is 2. The first-order valence-corrected chi connectivity index (χ1v) is 9.16. The summed E-state index contributed by atoms with van der Waals surface area (Å²) in [7, 11) is -2.54. The summed E-state index contributed by atoms with van der Waals surface area (Å²) in [5.74, 6) is -1.87. The third kappa shape index (κ3) is 3.62. The average molecular weight is 405 g/mol. The smallest absolute Gasteiger partial charge is 0.339 e. The van der Waals surface area contributed by atoms with Crippen molar-refractivity contribution in [3.8, 4) is 5.75 Å². The van der Waals surface area contributed by atoms with Gasteiger partial charge in [0, 0.05) is 10.4 Å². The fraction of sp³-hybridized carbons (Fsp3) is 0.111. The second kappa shape index (κ2) is 7.34. The van der Waals surface area contributed by atoms with Crippen LogP contribution in [0.3, 0.4) is 0 Å². The highest BCUT2D eigenvalue weighted by Gasteiger charge is 2.21. The van der Waals surface area contributed by atoms with Gasteiger partial charge in [0.2, 0.25) is 10.3 Å². The lowest BCUT2D eigenvalue weighted by Crippen LogP contribution is -2.18. The number of halogens is 1. The number of carbonyl (C=O) groups is 1. The quantitative estimate of drug-likeness (QED) is 0.595. The van der Waals surface area contributed by atoms with Crippen LogP contribution in [0.25, 0.3) is 10.8 Å².